The second kappa shape index (κ2) is 5.62. The van der Waals surface area contributed by atoms with Crippen molar-refractivity contribution in [3.63, 3.8) is 0 Å². The number of aliphatic hydroxyl groups excluding tert-OH is 1. The Morgan fingerprint density at radius 1 is 1.41 bits per heavy atom. The standard InChI is InChI=1S/C12H14N2OS2/c1-3-10(15)9-6-4-5-7-11(9)16-12-13-8(2)14-17-12/h4-7,10,15H,3H2,1-2H3/t10-/m0/s1. The zero-order chi connectivity index (χ0) is 12.3. The summed E-state index contributed by atoms with van der Waals surface area (Å²) in [5.74, 6) is 0.797. The number of hydrogen-bond acceptors (Lipinski definition) is 5. The van der Waals surface area contributed by atoms with Crippen LogP contribution in [0.1, 0.15) is 30.8 Å². The molecule has 2 rings (SSSR count). The molecule has 0 bridgehead atoms. The van der Waals surface area contributed by atoms with Crippen LogP contribution >= 0.6 is 23.3 Å². The molecule has 1 aromatic carbocycles. The molecule has 0 saturated carbocycles. The first-order valence-corrected chi connectivity index (χ1v) is 7.05. The highest BCUT2D eigenvalue weighted by Gasteiger charge is 2.12. The van der Waals surface area contributed by atoms with Gasteiger partial charge in [-0.05, 0) is 36.5 Å². The highest BCUT2D eigenvalue weighted by molar-refractivity contribution is 8.01. The highest BCUT2D eigenvalue weighted by Crippen LogP contribution is 2.34. The van der Waals surface area contributed by atoms with E-state index < -0.39 is 6.10 Å². The van der Waals surface area contributed by atoms with Crippen LogP contribution in [0, 0.1) is 6.92 Å². The molecule has 0 amide bonds. The number of aryl methyl sites for hydroxylation is 1. The molecule has 0 radical (unpaired) electrons. The van der Waals surface area contributed by atoms with Crippen LogP contribution in [0.15, 0.2) is 33.5 Å². The summed E-state index contributed by atoms with van der Waals surface area (Å²) >= 11 is 2.96. The molecule has 0 aliphatic rings. The van der Waals surface area contributed by atoms with Gasteiger partial charge in [0.25, 0.3) is 0 Å². The molecule has 1 atom stereocenters. The summed E-state index contributed by atoms with van der Waals surface area (Å²) in [5, 5.41) is 9.95. The van der Waals surface area contributed by atoms with Crippen molar-refractivity contribution in [1.29, 1.82) is 0 Å². The van der Waals surface area contributed by atoms with E-state index in [0.717, 1.165) is 20.6 Å². The lowest BCUT2D eigenvalue weighted by Crippen LogP contribution is -1.96. The van der Waals surface area contributed by atoms with E-state index in [1.165, 1.54) is 11.5 Å². The van der Waals surface area contributed by atoms with E-state index in [2.05, 4.69) is 9.36 Å². The molecule has 0 fully saturated rings. The third kappa shape index (κ3) is 3.06. The second-order valence-corrected chi connectivity index (χ2v) is 5.71. The molecule has 0 saturated heterocycles. The van der Waals surface area contributed by atoms with E-state index in [1.54, 1.807) is 11.8 Å². The molecule has 90 valence electrons. The zero-order valence-corrected chi connectivity index (χ0v) is 11.4. The van der Waals surface area contributed by atoms with Crippen molar-refractivity contribution in [3.8, 4) is 0 Å². The van der Waals surface area contributed by atoms with Gasteiger partial charge in [0.05, 0.1) is 6.10 Å². The van der Waals surface area contributed by atoms with Crippen LogP contribution in [0.3, 0.4) is 0 Å². The Bertz CT molecular complexity index is 499. The average molecular weight is 266 g/mol. The molecule has 1 heterocycles. The fraction of sp³-hybridized carbons (Fsp3) is 0.333. The summed E-state index contributed by atoms with van der Waals surface area (Å²) in [6.45, 7) is 3.86. The molecule has 0 spiro atoms. The van der Waals surface area contributed by atoms with Crippen LogP contribution in [-0.4, -0.2) is 14.5 Å². The molecule has 0 unspecified atom stereocenters. The number of aromatic nitrogens is 2. The van der Waals surface area contributed by atoms with Gasteiger partial charge in [0.1, 0.15) is 5.82 Å². The normalized spacial score (nSPS) is 12.6. The quantitative estimate of drug-likeness (QED) is 0.920. The Hall–Kier alpha value is -0.910. The first kappa shape index (κ1) is 12.5. The summed E-state index contributed by atoms with van der Waals surface area (Å²) in [4.78, 5) is 5.37. The van der Waals surface area contributed by atoms with Crippen LogP contribution in [-0.2, 0) is 0 Å². The summed E-state index contributed by atoms with van der Waals surface area (Å²) in [7, 11) is 0. The predicted octanol–water partition coefficient (Wildman–Crippen LogP) is 3.44. The van der Waals surface area contributed by atoms with Crippen molar-refractivity contribution >= 4 is 23.3 Å². The van der Waals surface area contributed by atoms with Crippen molar-refractivity contribution in [2.45, 2.75) is 35.6 Å². The number of hydrogen-bond donors (Lipinski definition) is 1. The van der Waals surface area contributed by atoms with Gasteiger partial charge < -0.3 is 5.11 Å². The molecule has 3 nitrogen and oxygen atoms in total. The highest BCUT2D eigenvalue weighted by atomic mass is 32.2. The van der Waals surface area contributed by atoms with Gasteiger partial charge in [-0.15, -0.1) is 0 Å². The van der Waals surface area contributed by atoms with Crippen LogP contribution in [0.5, 0.6) is 0 Å². The molecule has 1 aromatic heterocycles. The fourth-order valence-corrected chi connectivity index (χ4v) is 3.27. The Balaban J connectivity index is 2.26. The predicted molar refractivity (Wildman–Crippen MR) is 70.5 cm³/mol. The maximum Gasteiger partial charge on any atom is 0.174 e. The van der Waals surface area contributed by atoms with Gasteiger partial charge in [-0.2, -0.15) is 4.37 Å². The second-order valence-electron chi connectivity index (χ2n) is 3.67. The van der Waals surface area contributed by atoms with E-state index in [9.17, 15) is 5.11 Å². The van der Waals surface area contributed by atoms with Crippen molar-refractivity contribution in [1.82, 2.24) is 9.36 Å². The lowest BCUT2D eigenvalue weighted by atomic mass is 10.1. The van der Waals surface area contributed by atoms with Gasteiger partial charge in [0, 0.05) is 4.90 Å². The maximum atomic E-state index is 9.95. The molecular formula is C12H14N2OS2. The lowest BCUT2D eigenvalue weighted by molar-refractivity contribution is 0.171. The van der Waals surface area contributed by atoms with Crippen molar-refractivity contribution in [2.75, 3.05) is 0 Å². The maximum absolute atomic E-state index is 9.95. The smallest absolute Gasteiger partial charge is 0.174 e. The topological polar surface area (TPSA) is 46.0 Å². The fourth-order valence-electron chi connectivity index (χ4n) is 1.48. The number of rotatable bonds is 4. The molecule has 0 aliphatic carbocycles. The summed E-state index contributed by atoms with van der Waals surface area (Å²) in [6.07, 6.45) is 0.305. The Morgan fingerprint density at radius 2 is 2.18 bits per heavy atom. The van der Waals surface area contributed by atoms with Crippen molar-refractivity contribution in [2.24, 2.45) is 0 Å². The van der Waals surface area contributed by atoms with E-state index in [1.807, 2.05) is 38.1 Å². The first-order valence-electron chi connectivity index (χ1n) is 5.46. The van der Waals surface area contributed by atoms with Crippen LogP contribution in [0.25, 0.3) is 0 Å². The number of nitrogens with zero attached hydrogens (tertiary/aromatic N) is 2. The lowest BCUT2D eigenvalue weighted by Gasteiger charge is -2.12. The van der Waals surface area contributed by atoms with Gasteiger partial charge in [-0.1, -0.05) is 36.9 Å². The summed E-state index contributed by atoms with van der Waals surface area (Å²) in [5.41, 5.74) is 0.966. The van der Waals surface area contributed by atoms with Crippen molar-refractivity contribution < 1.29 is 5.11 Å². The van der Waals surface area contributed by atoms with Crippen LogP contribution in [0.4, 0.5) is 0 Å². The van der Waals surface area contributed by atoms with E-state index in [4.69, 9.17) is 0 Å². The van der Waals surface area contributed by atoms with E-state index in [-0.39, 0.29) is 0 Å². The molecule has 5 heteroatoms. The molecular weight excluding hydrogens is 252 g/mol. The largest absolute Gasteiger partial charge is 0.388 e. The van der Waals surface area contributed by atoms with E-state index in [0.29, 0.717) is 6.42 Å². The first-order chi connectivity index (χ1) is 8.20. The molecule has 1 N–H and O–H groups in total. The minimum absolute atomic E-state index is 0.410. The average Bonchev–Trinajstić information content (AvgIpc) is 2.74. The Labute approximate surface area is 109 Å². The summed E-state index contributed by atoms with van der Waals surface area (Å²) < 4.78 is 5.07. The molecule has 0 aliphatic heterocycles. The number of aliphatic hydroxyl groups is 1. The third-order valence-corrected chi connectivity index (χ3v) is 4.31. The van der Waals surface area contributed by atoms with Crippen LogP contribution in [0.2, 0.25) is 0 Å². The van der Waals surface area contributed by atoms with Gasteiger partial charge in [0.15, 0.2) is 4.34 Å². The minimum Gasteiger partial charge on any atom is -0.388 e. The third-order valence-electron chi connectivity index (χ3n) is 2.37. The zero-order valence-electron chi connectivity index (χ0n) is 9.75. The SMILES string of the molecule is CC[C@H](O)c1ccccc1Sc1nc(C)ns1. The van der Waals surface area contributed by atoms with Gasteiger partial charge >= 0.3 is 0 Å². The van der Waals surface area contributed by atoms with Gasteiger partial charge in [0.2, 0.25) is 0 Å². The van der Waals surface area contributed by atoms with Crippen molar-refractivity contribution in [3.05, 3.63) is 35.7 Å². The molecule has 17 heavy (non-hydrogen) atoms. The molecule has 2 aromatic rings. The van der Waals surface area contributed by atoms with Gasteiger partial charge in [-0.3, -0.25) is 0 Å². The monoisotopic (exact) mass is 266 g/mol. The number of benzene rings is 1. The summed E-state index contributed by atoms with van der Waals surface area (Å²) in [6, 6.07) is 7.89. The van der Waals surface area contributed by atoms with E-state index >= 15 is 0 Å². The van der Waals surface area contributed by atoms with Crippen LogP contribution < -0.4 is 0 Å². The Morgan fingerprint density at radius 3 is 2.82 bits per heavy atom. The van der Waals surface area contributed by atoms with Gasteiger partial charge in [-0.25, -0.2) is 4.98 Å². The Kier molecular flexibility index (Phi) is 4.15. The minimum atomic E-state index is -0.410.